The van der Waals surface area contributed by atoms with E-state index in [1.165, 1.54) is 11.0 Å². The van der Waals surface area contributed by atoms with Crippen molar-refractivity contribution in [1.82, 2.24) is 10.2 Å². The third-order valence-electron chi connectivity index (χ3n) is 4.28. The zero-order valence-corrected chi connectivity index (χ0v) is 17.1. The molecule has 0 aliphatic heterocycles. The molecule has 1 atom stereocenters. The van der Waals surface area contributed by atoms with E-state index in [4.69, 9.17) is 0 Å². The van der Waals surface area contributed by atoms with Gasteiger partial charge < -0.3 is 10.2 Å². The summed E-state index contributed by atoms with van der Waals surface area (Å²) in [5.74, 6) is -0.921. The lowest BCUT2D eigenvalue weighted by molar-refractivity contribution is -0.140. The summed E-state index contributed by atoms with van der Waals surface area (Å²) in [6.07, 6.45) is 0.725. The summed E-state index contributed by atoms with van der Waals surface area (Å²) in [5, 5.41) is 2.82. The van der Waals surface area contributed by atoms with Gasteiger partial charge in [0.15, 0.2) is 0 Å². The molecule has 27 heavy (non-hydrogen) atoms. The van der Waals surface area contributed by atoms with Gasteiger partial charge in [-0.05, 0) is 42.7 Å². The van der Waals surface area contributed by atoms with Gasteiger partial charge in [0.2, 0.25) is 11.8 Å². The first-order valence-electron chi connectivity index (χ1n) is 8.97. The van der Waals surface area contributed by atoms with Crippen LogP contribution in [0.3, 0.4) is 0 Å². The van der Waals surface area contributed by atoms with E-state index in [2.05, 4.69) is 21.2 Å². The van der Waals surface area contributed by atoms with Crippen molar-refractivity contribution in [2.45, 2.75) is 39.3 Å². The SMILES string of the molecule is CCCNC(=O)C(C)N(Cc1ccc(Br)cc1)C(=O)Cc1ccccc1F. The predicted molar refractivity (Wildman–Crippen MR) is 108 cm³/mol. The van der Waals surface area contributed by atoms with E-state index in [1.54, 1.807) is 25.1 Å². The van der Waals surface area contributed by atoms with Crippen LogP contribution in [0.2, 0.25) is 0 Å². The van der Waals surface area contributed by atoms with Gasteiger partial charge >= 0.3 is 0 Å². The minimum atomic E-state index is -0.653. The normalized spacial score (nSPS) is 11.7. The highest BCUT2D eigenvalue weighted by Crippen LogP contribution is 2.16. The van der Waals surface area contributed by atoms with Crippen LogP contribution in [0.5, 0.6) is 0 Å². The molecule has 4 nitrogen and oxygen atoms in total. The molecule has 0 aromatic heterocycles. The minimum absolute atomic E-state index is 0.0887. The number of amides is 2. The second-order valence-electron chi connectivity index (χ2n) is 6.38. The summed E-state index contributed by atoms with van der Waals surface area (Å²) in [6, 6.07) is 13.1. The average Bonchev–Trinajstić information content (AvgIpc) is 2.66. The molecule has 2 amide bonds. The Morgan fingerprint density at radius 2 is 1.81 bits per heavy atom. The molecular weight excluding hydrogens is 411 g/mol. The van der Waals surface area contributed by atoms with Crippen LogP contribution in [-0.2, 0) is 22.6 Å². The largest absolute Gasteiger partial charge is 0.354 e. The first kappa shape index (κ1) is 21.1. The Morgan fingerprint density at radius 3 is 2.44 bits per heavy atom. The van der Waals surface area contributed by atoms with Gasteiger partial charge in [-0.15, -0.1) is 0 Å². The zero-order chi connectivity index (χ0) is 19.8. The van der Waals surface area contributed by atoms with Crippen molar-refractivity contribution in [2.75, 3.05) is 6.54 Å². The molecule has 0 aliphatic carbocycles. The first-order chi connectivity index (χ1) is 12.9. The monoisotopic (exact) mass is 434 g/mol. The second-order valence-corrected chi connectivity index (χ2v) is 7.30. The molecule has 144 valence electrons. The summed E-state index contributed by atoms with van der Waals surface area (Å²) < 4.78 is 14.9. The van der Waals surface area contributed by atoms with Crippen molar-refractivity contribution < 1.29 is 14.0 Å². The quantitative estimate of drug-likeness (QED) is 0.680. The molecule has 2 aromatic carbocycles. The predicted octanol–water partition coefficient (Wildman–Crippen LogP) is 4.07. The molecule has 0 fully saturated rings. The van der Waals surface area contributed by atoms with Gasteiger partial charge in [0, 0.05) is 17.6 Å². The Labute approximate surface area is 167 Å². The molecule has 1 N–H and O–H groups in total. The number of nitrogens with one attached hydrogen (secondary N) is 1. The number of carbonyl (C=O) groups excluding carboxylic acids is 2. The highest BCUT2D eigenvalue weighted by atomic mass is 79.9. The van der Waals surface area contributed by atoms with Crippen LogP contribution in [0.15, 0.2) is 53.0 Å². The zero-order valence-electron chi connectivity index (χ0n) is 15.5. The standard InChI is InChI=1S/C21H24BrFN2O2/c1-3-12-24-21(27)15(2)25(14-16-8-10-18(22)11-9-16)20(26)13-17-6-4-5-7-19(17)23/h4-11,15H,3,12-14H2,1-2H3,(H,24,27). The van der Waals surface area contributed by atoms with Gasteiger partial charge in [-0.25, -0.2) is 4.39 Å². The molecule has 6 heteroatoms. The lowest BCUT2D eigenvalue weighted by atomic mass is 10.1. The Balaban J connectivity index is 2.21. The molecule has 1 unspecified atom stereocenters. The van der Waals surface area contributed by atoms with E-state index in [1.807, 2.05) is 31.2 Å². The molecule has 0 saturated carbocycles. The number of carbonyl (C=O) groups is 2. The van der Waals surface area contributed by atoms with Gasteiger partial charge in [0.1, 0.15) is 11.9 Å². The van der Waals surface area contributed by atoms with Gasteiger partial charge in [-0.1, -0.05) is 53.2 Å². The Morgan fingerprint density at radius 1 is 1.15 bits per heavy atom. The Hall–Kier alpha value is -2.21. The lowest BCUT2D eigenvalue weighted by Gasteiger charge is -2.29. The summed E-state index contributed by atoms with van der Waals surface area (Å²) in [4.78, 5) is 26.9. The third kappa shape index (κ3) is 6.17. The van der Waals surface area contributed by atoms with E-state index in [0.717, 1.165) is 16.5 Å². The van der Waals surface area contributed by atoms with Gasteiger partial charge in [-0.3, -0.25) is 9.59 Å². The fourth-order valence-electron chi connectivity index (χ4n) is 2.67. The highest BCUT2D eigenvalue weighted by molar-refractivity contribution is 9.10. The molecule has 0 aliphatic rings. The van der Waals surface area contributed by atoms with E-state index >= 15 is 0 Å². The third-order valence-corrected chi connectivity index (χ3v) is 4.81. The topological polar surface area (TPSA) is 49.4 Å². The molecule has 0 saturated heterocycles. The Bertz CT molecular complexity index is 780. The van der Waals surface area contributed by atoms with Crippen molar-refractivity contribution >= 4 is 27.7 Å². The van der Waals surface area contributed by atoms with Crippen LogP contribution in [0.25, 0.3) is 0 Å². The van der Waals surface area contributed by atoms with Gasteiger partial charge in [-0.2, -0.15) is 0 Å². The van der Waals surface area contributed by atoms with Crippen molar-refractivity contribution in [3.8, 4) is 0 Å². The van der Waals surface area contributed by atoms with Crippen molar-refractivity contribution in [3.63, 3.8) is 0 Å². The van der Waals surface area contributed by atoms with Crippen molar-refractivity contribution in [1.29, 1.82) is 0 Å². The fraction of sp³-hybridized carbons (Fsp3) is 0.333. The number of rotatable bonds is 8. The molecule has 0 heterocycles. The van der Waals surface area contributed by atoms with E-state index < -0.39 is 11.9 Å². The number of hydrogen-bond donors (Lipinski definition) is 1. The summed E-state index contributed by atoms with van der Waals surface area (Å²) in [5.41, 5.74) is 1.22. The molecule has 0 bridgehead atoms. The fourth-order valence-corrected chi connectivity index (χ4v) is 2.94. The van der Waals surface area contributed by atoms with Crippen LogP contribution in [0, 0.1) is 5.82 Å². The van der Waals surface area contributed by atoms with Crippen LogP contribution >= 0.6 is 15.9 Å². The average molecular weight is 435 g/mol. The minimum Gasteiger partial charge on any atom is -0.354 e. The van der Waals surface area contributed by atoms with E-state index in [0.29, 0.717) is 12.1 Å². The van der Waals surface area contributed by atoms with Gasteiger partial charge in [0.25, 0.3) is 0 Å². The lowest BCUT2D eigenvalue weighted by Crippen LogP contribution is -2.48. The van der Waals surface area contributed by atoms with Crippen LogP contribution in [0.4, 0.5) is 4.39 Å². The van der Waals surface area contributed by atoms with Crippen LogP contribution < -0.4 is 5.32 Å². The van der Waals surface area contributed by atoms with E-state index in [9.17, 15) is 14.0 Å². The van der Waals surface area contributed by atoms with Crippen LogP contribution in [-0.4, -0.2) is 29.3 Å². The molecule has 0 radical (unpaired) electrons. The molecule has 2 aromatic rings. The van der Waals surface area contributed by atoms with Gasteiger partial charge in [0.05, 0.1) is 6.42 Å². The number of nitrogens with zero attached hydrogens (tertiary/aromatic N) is 1. The van der Waals surface area contributed by atoms with Crippen molar-refractivity contribution in [2.24, 2.45) is 0 Å². The molecular formula is C21H24BrFN2O2. The maximum Gasteiger partial charge on any atom is 0.242 e. The summed E-state index contributed by atoms with van der Waals surface area (Å²) >= 11 is 3.39. The molecule has 2 rings (SSSR count). The Kier molecular flexibility index (Phi) is 7.98. The maximum atomic E-state index is 14.0. The maximum absolute atomic E-state index is 14.0. The molecule has 0 spiro atoms. The van der Waals surface area contributed by atoms with Crippen molar-refractivity contribution in [3.05, 3.63) is 69.9 Å². The smallest absolute Gasteiger partial charge is 0.242 e. The number of halogens is 2. The first-order valence-corrected chi connectivity index (χ1v) is 9.76. The van der Waals surface area contributed by atoms with Crippen LogP contribution in [0.1, 0.15) is 31.4 Å². The summed E-state index contributed by atoms with van der Waals surface area (Å²) in [6.45, 7) is 4.50. The second kappa shape index (κ2) is 10.2. The number of benzene rings is 2. The highest BCUT2D eigenvalue weighted by Gasteiger charge is 2.26. The number of hydrogen-bond acceptors (Lipinski definition) is 2. The van der Waals surface area contributed by atoms with E-state index in [-0.39, 0.29) is 24.8 Å². The summed E-state index contributed by atoms with van der Waals surface area (Å²) in [7, 11) is 0.